The van der Waals surface area contributed by atoms with E-state index in [1.54, 1.807) is 0 Å². The molecular formula is C30H36FN9O2S. The Labute approximate surface area is 254 Å². The van der Waals surface area contributed by atoms with Crippen LogP contribution in [0, 0.1) is 28.1 Å². The molecule has 5 fully saturated rings. The van der Waals surface area contributed by atoms with Crippen molar-refractivity contribution in [3.8, 4) is 18.1 Å². The second-order valence-electron chi connectivity index (χ2n) is 13.3. The molecule has 11 nitrogen and oxygen atoms in total. The quantitative estimate of drug-likeness (QED) is 0.479. The zero-order chi connectivity index (χ0) is 29.3. The minimum absolute atomic E-state index is 0.0815. The van der Waals surface area contributed by atoms with E-state index in [0.29, 0.717) is 59.5 Å². The molecule has 43 heavy (non-hydrogen) atoms. The normalized spacial score (nSPS) is 28.3. The van der Waals surface area contributed by atoms with Gasteiger partial charge in [0.05, 0.1) is 30.8 Å². The predicted octanol–water partition coefficient (Wildman–Crippen LogP) is 1.95. The number of hydrogen-bond acceptors (Lipinski definition) is 12. The lowest BCUT2D eigenvalue weighted by Crippen LogP contribution is -2.63. The minimum atomic E-state index is -1.11. The van der Waals surface area contributed by atoms with Gasteiger partial charge in [-0.3, -0.25) is 4.90 Å². The van der Waals surface area contributed by atoms with E-state index in [-0.39, 0.29) is 17.8 Å². The molecule has 0 aromatic carbocycles. The first-order valence-corrected chi connectivity index (χ1v) is 16.2. The summed E-state index contributed by atoms with van der Waals surface area (Å²) >= 11 is 1.32. The molecule has 6 aliphatic rings. The van der Waals surface area contributed by atoms with E-state index in [1.807, 2.05) is 4.90 Å². The monoisotopic (exact) mass is 605 g/mol. The minimum Gasteiger partial charge on any atom is -0.463 e. The number of aromatic nitrogens is 2. The van der Waals surface area contributed by atoms with Crippen molar-refractivity contribution in [2.75, 3.05) is 81.2 Å². The Bertz CT molecular complexity index is 1510. The standard InChI is InChI=1S/C30H36FN9O2S/c31-23-9-22-24(20(10-32)25(34)43-22)30(23)15-40(16-30)27-21(11-33)26(39-12-18-1-2-19(13-39)35-18)36-28(37-27)42-17-29(3-4-29)14-38-5-7-41-8-6-38/h18-19,23,35H,1-9,12-17,34H2. The molecule has 2 aromatic rings. The summed E-state index contributed by atoms with van der Waals surface area (Å²) in [5.74, 6) is 1.08. The Morgan fingerprint density at radius 2 is 1.72 bits per heavy atom. The van der Waals surface area contributed by atoms with E-state index in [2.05, 4.69) is 27.3 Å². The number of thiophene rings is 1. The molecule has 13 heteroatoms. The molecule has 3 N–H and O–H groups in total. The van der Waals surface area contributed by atoms with Crippen LogP contribution in [0.2, 0.25) is 0 Å². The van der Waals surface area contributed by atoms with Crippen molar-refractivity contribution in [1.82, 2.24) is 20.2 Å². The predicted molar refractivity (Wildman–Crippen MR) is 159 cm³/mol. The van der Waals surface area contributed by atoms with E-state index < -0.39 is 11.6 Å². The molecule has 226 valence electrons. The summed E-state index contributed by atoms with van der Waals surface area (Å²) in [5, 5.41) is 24.4. The Kier molecular flexibility index (Phi) is 6.46. The van der Waals surface area contributed by atoms with Gasteiger partial charge in [0.25, 0.3) is 0 Å². The SMILES string of the molecule is N#Cc1c(N2CC3CCC(C2)N3)nc(OCC2(CN3CCOCC3)CC2)nc1N1CC2(C1)c1c(sc(N)c1C#N)CC2F. The van der Waals surface area contributed by atoms with Crippen LogP contribution < -0.4 is 25.6 Å². The molecule has 2 aromatic heterocycles. The third-order valence-corrected chi connectivity index (χ3v) is 11.5. The number of piperazine rings is 1. The van der Waals surface area contributed by atoms with Crippen LogP contribution in [0.15, 0.2) is 0 Å². The van der Waals surface area contributed by atoms with Crippen LogP contribution in [0.25, 0.3) is 0 Å². The number of alkyl halides is 1. The van der Waals surface area contributed by atoms with Crippen molar-refractivity contribution in [2.24, 2.45) is 5.41 Å². The van der Waals surface area contributed by atoms with Crippen LogP contribution in [0.5, 0.6) is 6.01 Å². The summed E-state index contributed by atoms with van der Waals surface area (Å²) in [7, 11) is 0. The first-order valence-electron chi connectivity index (χ1n) is 15.4. The Hall–Kier alpha value is -3.23. The molecule has 0 amide bonds. The number of ether oxygens (including phenoxy) is 2. The van der Waals surface area contributed by atoms with Gasteiger partial charge in [0.15, 0.2) is 11.6 Å². The lowest BCUT2D eigenvalue weighted by Gasteiger charge is -2.50. The number of rotatable bonds is 7. The number of nitrogen functional groups attached to an aromatic ring is 1. The van der Waals surface area contributed by atoms with Crippen LogP contribution in [0.3, 0.4) is 0 Å². The molecule has 4 saturated heterocycles. The van der Waals surface area contributed by atoms with Crippen LogP contribution in [0.1, 0.15) is 47.3 Å². The van der Waals surface area contributed by atoms with Crippen LogP contribution in [0.4, 0.5) is 21.0 Å². The maximum atomic E-state index is 15.6. The van der Waals surface area contributed by atoms with Gasteiger partial charge < -0.3 is 30.3 Å². The fraction of sp³-hybridized carbons (Fsp3) is 0.667. The molecule has 0 radical (unpaired) electrons. The topological polar surface area (TPSA) is 140 Å². The summed E-state index contributed by atoms with van der Waals surface area (Å²) in [6.07, 6.45) is 3.56. The number of nitrogens with one attached hydrogen (secondary N) is 1. The van der Waals surface area contributed by atoms with E-state index >= 15 is 4.39 Å². The van der Waals surface area contributed by atoms with Gasteiger partial charge in [0.1, 0.15) is 28.9 Å². The highest BCUT2D eigenvalue weighted by molar-refractivity contribution is 7.16. The third kappa shape index (κ3) is 4.51. The summed E-state index contributed by atoms with van der Waals surface area (Å²) in [4.78, 5) is 17.2. The maximum absolute atomic E-state index is 15.6. The highest BCUT2D eigenvalue weighted by Gasteiger charge is 2.58. The number of nitrogens with two attached hydrogens (primary N) is 1. The van der Waals surface area contributed by atoms with Crippen LogP contribution in [-0.4, -0.2) is 98.8 Å². The molecule has 6 heterocycles. The maximum Gasteiger partial charge on any atom is 0.320 e. The Balaban J connectivity index is 1.10. The first kappa shape index (κ1) is 27.3. The summed E-state index contributed by atoms with van der Waals surface area (Å²) in [5.41, 5.74) is 6.96. The smallest absolute Gasteiger partial charge is 0.320 e. The van der Waals surface area contributed by atoms with Crippen LogP contribution in [-0.2, 0) is 16.6 Å². The molecule has 1 saturated carbocycles. The van der Waals surface area contributed by atoms with Gasteiger partial charge in [-0.25, -0.2) is 4.39 Å². The molecular weight excluding hydrogens is 569 g/mol. The molecule has 4 aliphatic heterocycles. The van der Waals surface area contributed by atoms with Crippen molar-refractivity contribution < 1.29 is 13.9 Å². The molecule has 8 rings (SSSR count). The van der Waals surface area contributed by atoms with Gasteiger partial charge in [0.2, 0.25) is 0 Å². The van der Waals surface area contributed by atoms with Gasteiger partial charge in [0, 0.05) is 74.6 Å². The Morgan fingerprint density at radius 1 is 1.05 bits per heavy atom. The van der Waals surface area contributed by atoms with Gasteiger partial charge in [-0.05, 0) is 31.2 Å². The number of fused-ring (bicyclic) bond motifs is 4. The third-order valence-electron chi connectivity index (χ3n) is 10.4. The lowest BCUT2D eigenvalue weighted by atomic mass is 9.72. The van der Waals surface area contributed by atoms with Gasteiger partial charge >= 0.3 is 6.01 Å². The summed E-state index contributed by atoms with van der Waals surface area (Å²) in [6, 6.07) is 5.61. The molecule has 3 atom stereocenters. The zero-order valence-electron chi connectivity index (χ0n) is 24.1. The molecule has 2 aliphatic carbocycles. The zero-order valence-corrected chi connectivity index (χ0v) is 25.0. The molecule has 3 unspecified atom stereocenters. The van der Waals surface area contributed by atoms with Gasteiger partial charge in [-0.2, -0.15) is 20.5 Å². The molecule has 1 spiro atoms. The number of halogens is 1. The van der Waals surface area contributed by atoms with E-state index in [1.165, 1.54) is 11.3 Å². The number of nitriles is 2. The number of anilines is 3. The second-order valence-corrected chi connectivity index (χ2v) is 14.4. The molecule has 2 bridgehead atoms. The largest absolute Gasteiger partial charge is 0.463 e. The van der Waals surface area contributed by atoms with Crippen molar-refractivity contribution in [3.05, 3.63) is 21.6 Å². The summed E-state index contributed by atoms with van der Waals surface area (Å²) < 4.78 is 27.5. The number of hydrogen-bond donors (Lipinski definition) is 2. The highest BCUT2D eigenvalue weighted by Crippen LogP contribution is 2.54. The van der Waals surface area contributed by atoms with E-state index in [0.717, 1.165) is 82.1 Å². The number of nitrogens with zero attached hydrogens (tertiary/aromatic N) is 7. The van der Waals surface area contributed by atoms with Gasteiger partial charge in [-0.15, -0.1) is 11.3 Å². The lowest BCUT2D eigenvalue weighted by molar-refractivity contribution is 0.0231. The van der Waals surface area contributed by atoms with Crippen LogP contribution >= 0.6 is 11.3 Å². The van der Waals surface area contributed by atoms with E-state index in [4.69, 9.17) is 25.2 Å². The fourth-order valence-electron chi connectivity index (χ4n) is 7.92. The average Bonchev–Trinajstić information content (AvgIpc) is 3.45. The van der Waals surface area contributed by atoms with E-state index in [9.17, 15) is 10.5 Å². The highest BCUT2D eigenvalue weighted by atomic mass is 32.1. The number of morpholine rings is 1. The second kappa shape index (κ2) is 10.2. The van der Waals surface area contributed by atoms with Crippen molar-refractivity contribution in [1.29, 1.82) is 10.5 Å². The average molecular weight is 606 g/mol. The fourth-order valence-corrected chi connectivity index (χ4v) is 9.07. The van der Waals surface area contributed by atoms with Crippen molar-refractivity contribution in [2.45, 2.75) is 55.8 Å². The van der Waals surface area contributed by atoms with Crippen molar-refractivity contribution >= 4 is 28.0 Å². The van der Waals surface area contributed by atoms with Crippen molar-refractivity contribution in [3.63, 3.8) is 0 Å². The summed E-state index contributed by atoms with van der Waals surface area (Å²) in [6.45, 7) is 7.06. The van der Waals surface area contributed by atoms with Gasteiger partial charge in [-0.1, -0.05) is 0 Å². The Morgan fingerprint density at radius 3 is 2.37 bits per heavy atom. The first-order chi connectivity index (χ1) is 20.9.